The lowest BCUT2D eigenvalue weighted by atomic mass is 10.2. The first-order valence-corrected chi connectivity index (χ1v) is 4.32. The van der Waals surface area contributed by atoms with Gasteiger partial charge in [-0.15, -0.1) is 0 Å². The van der Waals surface area contributed by atoms with Crippen molar-refractivity contribution in [3.63, 3.8) is 0 Å². The maximum absolute atomic E-state index is 4.94. The zero-order valence-corrected chi connectivity index (χ0v) is 7.61. The van der Waals surface area contributed by atoms with Gasteiger partial charge in [-0.1, -0.05) is 30.4 Å². The summed E-state index contributed by atoms with van der Waals surface area (Å²) < 4.78 is 0. The lowest BCUT2D eigenvalue weighted by Gasteiger charge is -1.88. The number of aromatic nitrogens is 1. The highest BCUT2D eigenvalue weighted by Gasteiger charge is 2.03. The van der Waals surface area contributed by atoms with Crippen LogP contribution in [0.25, 0.3) is 10.9 Å². The number of thiocarbonyl (C=S) groups is 1. The van der Waals surface area contributed by atoms with Gasteiger partial charge in [0.25, 0.3) is 0 Å². The molecule has 1 aromatic carbocycles. The quantitative estimate of drug-likeness (QED) is 0.659. The first-order valence-electron chi connectivity index (χ1n) is 3.85. The molecule has 2 rings (SSSR count). The smallest absolute Gasteiger partial charge is 0.0462 e. The third-order valence-electron chi connectivity index (χ3n) is 2.06. The van der Waals surface area contributed by atoms with Gasteiger partial charge in [-0.05, 0) is 13.0 Å². The van der Waals surface area contributed by atoms with Crippen molar-refractivity contribution in [2.45, 2.75) is 6.92 Å². The highest BCUT2D eigenvalue weighted by atomic mass is 32.1. The third kappa shape index (κ3) is 0.959. The van der Waals surface area contributed by atoms with E-state index >= 15 is 0 Å². The monoisotopic (exact) mass is 175 g/mol. The average molecular weight is 175 g/mol. The van der Waals surface area contributed by atoms with E-state index in [0.717, 1.165) is 16.8 Å². The molecule has 0 saturated heterocycles. The zero-order chi connectivity index (χ0) is 8.55. The lowest BCUT2D eigenvalue weighted by Crippen LogP contribution is -1.78. The minimum atomic E-state index is 1.14. The summed E-state index contributed by atoms with van der Waals surface area (Å²) in [5.41, 5.74) is 3.44. The molecule has 12 heavy (non-hydrogen) atoms. The number of benzene rings is 1. The molecular weight excluding hydrogens is 166 g/mol. The van der Waals surface area contributed by atoms with Gasteiger partial charge in [0.1, 0.15) is 0 Å². The third-order valence-corrected chi connectivity index (χ3v) is 2.30. The molecule has 0 atom stereocenters. The van der Waals surface area contributed by atoms with Gasteiger partial charge in [0.15, 0.2) is 0 Å². The Morgan fingerprint density at radius 3 is 2.83 bits per heavy atom. The van der Waals surface area contributed by atoms with Crippen molar-refractivity contribution in [1.29, 1.82) is 0 Å². The van der Waals surface area contributed by atoms with Crippen molar-refractivity contribution in [3.05, 3.63) is 35.5 Å². The number of hydrogen-bond acceptors (Lipinski definition) is 1. The molecule has 0 bridgehead atoms. The molecule has 1 heterocycles. The average Bonchev–Trinajstić information content (AvgIpc) is 2.40. The first-order chi connectivity index (χ1) is 5.83. The normalized spacial score (nSPS) is 10.4. The molecule has 0 radical (unpaired) electrons. The number of rotatable bonds is 1. The van der Waals surface area contributed by atoms with Crippen LogP contribution in [0.4, 0.5) is 0 Å². The van der Waals surface area contributed by atoms with Gasteiger partial charge in [-0.2, -0.15) is 0 Å². The van der Waals surface area contributed by atoms with Gasteiger partial charge in [-0.3, -0.25) is 0 Å². The van der Waals surface area contributed by atoms with E-state index in [0.29, 0.717) is 0 Å². The van der Waals surface area contributed by atoms with Gasteiger partial charge in [0.2, 0.25) is 0 Å². The fourth-order valence-electron chi connectivity index (χ4n) is 1.45. The number of para-hydroxylation sites is 1. The van der Waals surface area contributed by atoms with E-state index < -0.39 is 0 Å². The minimum Gasteiger partial charge on any atom is -0.358 e. The summed E-state index contributed by atoms with van der Waals surface area (Å²) in [5.74, 6) is 0. The van der Waals surface area contributed by atoms with Crippen molar-refractivity contribution in [2.24, 2.45) is 0 Å². The largest absolute Gasteiger partial charge is 0.358 e. The van der Waals surface area contributed by atoms with Gasteiger partial charge < -0.3 is 4.98 Å². The Labute approximate surface area is 76.4 Å². The van der Waals surface area contributed by atoms with E-state index in [1.807, 2.05) is 19.1 Å². The summed E-state index contributed by atoms with van der Waals surface area (Å²) in [7, 11) is 0. The van der Waals surface area contributed by atoms with Crippen LogP contribution >= 0.6 is 12.2 Å². The summed E-state index contributed by atoms with van der Waals surface area (Å²) in [4.78, 5) is 3.28. The van der Waals surface area contributed by atoms with Crippen molar-refractivity contribution in [2.75, 3.05) is 0 Å². The van der Waals surface area contributed by atoms with Gasteiger partial charge in [-0.25, -0.2) is 0 Å². The SMILES string of the molecule is Cc1[nH]c2ccccc2c1C=S. The summed E-state index contributed by atoms with van der Waals surface area (Å²) in [6, 6.07) is 8.19. The molecule has 1 aromatic heterocycles. The summed E-state index contributed by atoms with van der Waals surface area (Å²) >= 11 is 4.94. The molecule has 0 unspecified atom stereocenters. The van der Waals surface area contributed by atoms with Crippen LogP contribution in [0.3, 0.4) is 0 Å². The topological polar surface area (TPSA) is 15.8 Å². The lowest BCUT2D eigenvalue weighted by molar-refractivity contribution is 1.30. The van der Waals surface area contributed by atoms with Gasteiger partial charge >= 0.3 is 0 Å². The Bertz CT molecular complexity index is 428. The van der Waals surface area contributed by atoms with Gasteiger partial charge in [0, 0.05) is 27.5 Å². The van der Waals surface area contributed by atoms with Crippen molar-refractivity contribution in [3.8, 4) is 0 Å². The number of aryl methyl sites for hydroxylation is 1. The van der Waals surface area contributed by atoms with E-state index in [2.05, 4.69) is 17.1 Å². The van der Waals surface area contributed by atoms with Crippen LogP contribution in [-0.2, 0) is 0 Å². The second-order valence-corrected chi connectivity index (χ2v) is 3.06. The van der Waals surface area contributed by atoms with E-state index in [-0.39, 0.29) is 0 Å². The maximum Gasteiger partial charge on any atom is 0.0462 e. The maximum atomic E-state index is 4.94. The standard InChI is InChI=1S/C10H9NS/c1-7-9(6-12)8-4-2-3-5-10(8)11-7/h2-6,11H,1H3. The highest BCUT2D eigenvalue weighted by molar-refractivity contribution is 7.79. The molecule has 2 aromatic rings. The number of hydrogen-bond donors (Lipinski definition) is 1. The summed E-state index contributed by atoms with van der Waals surface area (Å²) in [5, 5.41) is 2.94. The second kappa shape index (κ2) is 2.72. The molecule has 1 N–H and O–H groups in total. The van der Waals surface area contributed by atoms with Crippen molar-refractivity contribution < 1.29 is 0 Å². The Morgan fingerprint density at radius 2 is 2.08 bits per heavy atom. The summed E-state index contributed by atoms with van der Waals surface area (Å²) in [6.07, 6.45) is 0. The Kier molecular flexibility index (Phi) is 1.70. The van der Waals surface area contributed by atoms with Crippen molar-refractivity contribution in [1.82, 2.24) is 4.98 Å². The number of nitrogens with one attached hydrogen (secondary N) is 1. The molecule has 0 aliphatic heterocycles. The van der Waals surface area contributed by atoms with Crippen LogP contribution < -0.4 is 0 Å². The van der Waals surface area contributed by atoms with E-state index in [1.165, 1.54) is 5.39 Å². The fourth-order valence-corrected chi connectivity index (χ4v) is 1.75. The van der Waals surface area contributed by atoms with E-state index in [9.17, 15) is 0 Å². The molecule has 1 nitrogen and oxygen atoms in total. The molecular formula is C10H9NS. The van der Waals surface area contributed by atoms with Crippen LogP contribution in [0.2, 0.25) is 0 Å². The minimum absolute atomic E-state index is 1.14. The number of fused-ring (bicyclic) bond motifs is 1. The molecule has 0 amide bonds. The predicted molar refractivity (Wildman–Crippen MR) is 55.8 cm³/mol. The highest BCUT2D eigenvalue weighted by Crippen LogP contribution is 2.19. The molecule has 0 aliphatic rings. The molecule has 60 valence electrons. The predicted octanol–water partition coefficient (Wildman–Crippen LogP) is 2.82. The van der Waals surface area contributed by atoms with Gasteiger partial charge in [0.05, 0.1) is 0 Å². The second-order valence-electron chi connectivity index (χ2n) is 2.83. The summed E-state index contributed by atoms with van der Waals surface area (Å²) in [6.45, 7) is 2.04. The van der Waals surface area contributed by atoms with E-state index in [4.69, 9.17) is 12.2 Å². The van der Waals surface area contributed by atoms with Crippen LogP contribution in [0.5, 0.6) is 0 Å². The molecule has 2 heteroatoms. The van der Waals surface area contributed by atoms with Crippen LogP contribution in [0.1, 0.15) is 11.3 Å². The van der Waals surface area contributed by atoms with Crippen LogP contribution in [0.15, 0.2) is 24.3 Å². The van der Waals surface area contributed by atoms with Crippen molar-refractivity contribution >= 4 is 28.5 Å². The molecule has 0 fully saturated rings. The Hall–Kier alpha value is -1.15. The first kappa shape index (κ1) is 7.50. The molecule has 0 aliphatic carbocycles. The molecule has 0 saturated carbocycles. The fraction of sp³-hybridized carbons (Fsp3) is 0.100. The van der Waals surface area contributed by atoms with Crippen LogP contribution in [0, 0.1) is 6.92 Å². The van der Waals surface area contributed by atoms with Crippen LogP contribution in [-0.4, -0.2) is 10.4 Å². The Morgan fingerprint density at radius 1 is 1.33 bits per heavy atom. The Balaban J connectivity index is 2.90. The zero-order valence-electron chi connectivity index (χ0n) is 6.79. The number of H-pyrrole nitrogens is 1. The number of aromatic amines is 1. The van der Waals surface area contributed by atoms with E-state index in [1.54, 1.807) is 5.37 Å². The molecule has 0 spiro atoms.